The molecule has 112 valence electrons. The highest BCUT2D eigenvalue weighted by molar-refractivity contribution is 5.78. The summed E-state index contributed by atoms with van der Waals surface area (Å²) in [4.78, 5) is 14.2. The standard InChI is InChI=1S/C16H27N3O/c1-3-19(4-2)12-6-5-11-18-16(20)13-14-7-9-15(17)10-8-14/h7-10H,3-6,11-13,17H2,1-2H3,(H,18,20). The molecule has 0 heterocycles. The fourth-order valence-corrected chi connectivity index (χ4v) is 2.11. The Balaban J connectivity index is 2.13. The molecule has 0 aliphatic rings. The van der Waals surface area contributed by atoms with Gasteiger partial charge in [0, 0.05) is 12.2 Å². The van der Waals surface area contributed by atoms with Crippen LogP contribution in [0.4, 0.5) is 5.69 Å². The van der Waals surface area contributed by atoms with Crippen molar-refractivity contribution in [3.05, 3.63) is 29.8 Å². The average Bonchev–Trinajstić information content (AvgIpc) is 2.45. The lowest BCUT2D eigenvalue weighted by molar-refractivity contribution is -0.120. The number of hydrogen-bond acceptors (Lipinski definition) is 3. The maximum absolute atomic E-state index is 11.8. The second kappa shape index (κ2) is 9.37. The molecule has 0 saturated carbocycles. The number of benzene rings is 1. The molecule has 0 bridgehead atoms. The van der Waals surface area contributed by atoms with Crippen LogP contribution in [0.15, 0.2) is 24.3 Å². The SMILES string of the molecule is CCN(CC)CCCCNC(=O)Cc1ccc(N)cc1. The molecular weight excluding hydrogens is 250 g/mol. The Hall–Kier alpha value is -1.55. The zero-order valence-corrected chi connectivity index (χ0v) is 12.7. The van der Waals surface area contributed by atoms with Crippen LogP contribution in [0.5, 0.6) is 0 Å². The maximum atomic E-state index is 11.8. The molecule has 4 nitrogen and oxygen atoms in total. The van der Waals surface area contributed by atoms with E-state index < -0.39 is 0 Å². The molecule has 0 aromatic heterocycles. The molecule has 4 heteroatoms. The van der Waals surface area contributed by atoms with Gasteiger partial charge in [0.15, 0.2) is 0 Å². The summed E-state index contributed by atoms with van der Waals surface area (Å²) in [6.45, 7) is 8.42. The monoisotopic (exact) mass is 277 g/mol. The van der Waals surface area contributed by atoms with E-state index in [0.29, 0.717) is 6.42 Å². The number of amides is 1. The van der Waals surface area contributed by atoms with Crippen LogP contribution < -0.4 is 11.1 Å². The van der Waals surface area contributed by atoms with Gasteiger partial charge >= 0.3 is 0 Å². The number of nitrogens with two attached hydrogens (primary N) is 1. The van der Waals surface area contributed by atoms with Gasteiger partial charge in [0.25, 0.3) is 0 Å². The number of rotatable bonds is 9. The number of carbonyl (C=O) groups is 1. The Labute approximate surface area is 122 Å². The van der Waals surface area contributed by atoms with Crippen molar-refractivity contribution in [1.82, 2.24) is 10.2 Å². The first-order valence-corrected chi connectivity index (χ1v) is 7.49. The van der Waals surface area contributed by atoms with Crippen LogP contribution in [0.25, 0.3) is 0 Å². The van der Waals surface area contributed by atoms with Crippen molar-refractivity contribution in [2.24, 2.45) is 0 Å². The smallest absolute Gasteiger partial charge is 0.224 e. The van der Waals surface area contributed by atoms with Crippen LogP contribution >= 0.6 is 0 Å². The van der Waals surface area contributed by atoms with Gasteiger partial charge in [0.1, 0.15) is 0 Å². The number of carbonyl (C=O) groups excluding carboxylic acids is 1. The van der Waals surface area contributed by atoms with Crippen molar-refractivity contribution < 1.29 is 4.79 Å². The Morgan fingerprint density at radius 2 is 1.80 bits per heavy atom. The second-order valence-corrected chi connectivity index (χ2v) is 5.00. The summed E-state index contributed by atoms with van der Waals surface area (Å²) in [5, 5.41) is 2.97. The molecule has 0 aliphatic carbocycles. The molecule has 20 heavy (non-hydrogen) atoms. The van der Waals surface area contributed by atoms with E-state index in [9.17, 15) is 4.79 Å². The summed E-state index contributed by atoms with van der Waals surface area (Å²) in [5.41, 5.74) is 7.34. The molecule has 0 spiro atoms. The lowest BCUT2D eigenvalue weighted by Gasteiger charge is -2.17. The quantitative estimate of drug-likeness (QED) is 0.536. The van der Waals surface area contributed by atoms with Gasteiger partial charge in [0.2, 0.25) is 5.91 Å². The summed E-state index contributed by atoms with van der Waals surface area (Å²) in [7, 11) is 0. The summed E-state index contributed by atoms with van der Waals surface area (Å²) in [5.74, 6) is 0.0811. The molecule has 1 aromatic carbocycles. The summed E-state index contributed by atoms with van der Waals surface area (Å²) in [6.07, 6.45) is 2.59. The Morgan fingerprint density at radius 1 is 1.15 bits per heavy atom. The molecule has 0 atom stereocenters. The number of nitrogens with one attached hydrogen (secondary N) is 1. The summed E-state index contributed by atoms with van der Waals surface area (Å²) >= 11 is 0. The first-order valence-electron chi connectivity index (χ1n) is 7.49. The van der Waals surface area contributed by atoms with Gasteiger partial charge < -0.3 is 16.0 Å². The van der Waals surface area contributed by atoms with Gasteiger partial charge in [-0.3, -0.25) is 4.79 Å². The third-order valence-corrected chi connectivity index (χ3v) is 3.46. The van der Waals surface area contributed by atoms with Crippen LogP contribution in [0, 0.1) is 0 Å². The zero-order chi connectivity index (χ0) is 14.8. The third-order valence-electron chi connectivity index (χ3n) is 3.46. The summed E-state index contributed by atoms with van der Waals surface area (Å²) < 4.78 is 0. The van der Waals surface area contributed by atoms with Gasteiger partial charge in [-0.2, -0.15) is 0 Å². The van der Waals surface area contributed by atoms with E-state index in [2.05, 4.69) is 24.1 Å². The minimum atomic E-state index is 0.0811. The Bertz CT molecular complexity index is 385. The second-order valence-electron chi connectivity index (χ2n) is 5.00. The predicted molar refractivity (Wildman–Crippen MR) is 84.6 cm³/mol. The van der Waals surface area contributed by atoms with E-state index in [1.807, 2.05) is 24.3 Å². The van der Waals surface area contributed by atoms with Crippen LogP contribution in [-0.4, -0.2) is 37.0 Å². The fourth-order valence-electron chi connectivity index (χ4n) is 2.11. The van der Waals surface area contributed by atoms with E-state index >= 15 is 0 Å². The van der Waals surface area contributed by atoms with E-state index in [1.165, 1.54) is 0 Å². The Kier molecular flexibility index (Phi) is 7.73. The fraction of sp³-hybridized carbons (Fsp3) is 0.562. The van der Waals surface area contributed by atoms with Crippen molar-refractivity contribution in [2.45, 2.75) is 33.1 Å². The molecular formula is C16H27N3O. The molecule has 0 radical (unpaired) electrons. The minimum Gasteiger partial charge on any atom is -0.399 e. The van der Waals surface area contributed by atoms with Crippen molar-refractivity contribution in [2.75, 3.05) is 31.9 Å². The Morgan fingerprint density at radius 3 is 2.40 bits per heavy atom. The maximum Gasteiger partial charge on any atom is 0.224 e. The van der Waals surface area contributed by atoms with E-state index in [-0.39, 0.29) is 5.91 Å². The molecule has 3 N–H and O–H groups in total. The summed E-state index contributed by atoms with van der Waals surface area (Å²) in [6, 6.07) is 7.45. The molecule has 1 rings (SSSR count). The van der Waals surface area contributed by atoms with Crippen LogP contribution in [-0.2, 0) is 11.2 Å². The molecule has 1 aromatic rings. The van der Waals surface area contributed by atoms with Crippen molar-refractivity contribution >= 4 is 11.6 Å². The number of unbranched alkanes of at least 4 members (excludes halogenated alkanes) is 1. The van der Waals surface area contributed by atoms with Crippen molar-refractivity contribution in [1.29, 1.82) is 0 Å². The van der Waals surface area contributed by atoms with E-state index in [4.69, 9.17) is 5.73 Å². The van der Waals surface area contributed by atoms with E-state index in [1.54, 1.807) is 0 Å². The zero-order valence-electron chi connectivity index (χ0n) is 12.7. The highest BCUT2D eigenvalue weighted by atomic mass is 16.1. The van der Waals surface area contributed by atoms with Crippen LogP contribution in [0.3, 0.4) is 0 Å². The third kappa shape index (κ3) is 6.57. The van der Waals surface area contributed by atoms with Crippen LogP contribution in [0.1, 0.15) is 32.3 Å². The van der Waals surface area contributed by atoms with Gasteiger partial charge in [0.05, 0.1) is 6.42 Å². The van der Waals surface area contributed by atoms with Crippen LogP contribution in [0.2, 0.25) is 0 Å². The van der Waals surface area contributed by atoms with Crippen molar-refractivity contribution in [3.8, 4) is 0 Å². The molecule has 0 unspecified atom stereocenters. The van der Waals surface area contributed by atoms with Gasteiger partial charge in [-0.25, -0.2) is 0 Å². The van der Waals surface area contributed by atoms with Gasteiger partial charge in [-0.05, 0) is 50.2 Å². The molecule has 0 fully saturated rings. The number of nitrogens with zero attached hydrogens (tertiary/aromatic N) is 1. The number of hydrogen-bond donors (Lipinski definition) is 2. The lowest BCUT2D eigenvalue weighted by Crippen LogP contribution is -2.28. The first kappa shape index (κ1) is 16.5. The highest BCUT2D eigenvalue weighted by Crippen LogP contribution is 2.05. The molecule has 0 aliphatic heterocycles. The van der Waals surface area contributed by atoms with E-state index in [0.717, 1.165) is 50.3 Å². The predicted octanol–water partition coefficient (Wildman–Crippen LogP) is 2.05. The van der Waals surface area contributed by atoms with Gasteiger partial charge in [-0.1, -0.05) is 26.0 Å². The normalized spacial score (nSPS) is 10.8. The number of anilines is 1. The topological polar surface area (TPSA) is 58.4 Å². The lowest BCUT2D eigenvalue weighted by atomic mass is 10.1. The highest BCUT2D eigenvalue weighted by Gasteiger charge is 2.03. The van der Waals surface area contributed by atoms with Gasteiger partial charge in [-0.15, -0.1) is 0 Å². The minimum absolute atomic E-state index is 0.0811. The molecule has 0 saturated heterocycles. The average molecular weight is 277 g/mol. The molecule has 1 amide bonds. The number of nitrogen functional groups attached to an aromatic ring is 1. The largest absolute Gasteiger partial charge is 0.399 e. The van der Waals surface area contributed by atoms with Crippen molar-refractivity contribution in [3.63, 3.8) is 0 Å². The first-order chi connectivity index (χ1) is 9.65.